The summed E-state index contributed by atoms with van der Waals surface area (Å²) >= 11 is 0. The van der Waals surface area contributed by atoms with Gasteiger partial charge in [-0.15, -0.1) is 10.2 Å². The highest BCUT2D eigenvalue weighted by atomic mass is 19.4. The van der Waals surface area contributed by atoms with Crippen molar-refractivity contribution in [1.82, 2.24) is 4.90 Å². The quantitative estimate of drug-likeness (QED) is 0.466. The minimum Gasteiger partial charge on any atom is -0.491 e. The van der Waals surface area contributed by atoms with Crippen molar-refractivity contribution < 1.29 is 56.0 Å². The van der Waals surface area contributed by atoms with Gasteiger partial charge < -0.3 is 20.1 Å². The summed E-state index contributed by atoms with van der Waals surface area (Å²) in [5.74, 6) is -3.40. The van der Waals surface area contributed by atoms with Crippen molar-refractivity contribution in [2.24, 2.45) is 10.2 Å². The van der Waals surface area contributed by atoms with E-state index in [4.69, 9.17) is 19.7 Å². The highest BCUT2D eigenvalue weighted by Crippen LogP contribution is 2.49. The number of ether oxygens (including phenoxy) is 1. The van der Waals surface area contributed by atoms with Crippen LogP contribution in [0.15, 0.2) is 34.5 Å². The largest absolute Gasteiger partial charge is 0.491 e. The third-order valence-corrected chi connectivity index (χ3v) is 5.05. The first-order chi connectivity index (χ1) is 15.6. The van der Waals surface area contributed by atoms with Gasteiger partial charge in [0.05, 0.1) is 5.56 Å². The Labute approximate surface area is 188 Å². The van der Waals surface area contributed by atoms with Gasteiger partial charge in [-0.05, 0) is 43.7 Å². The van der Waals surface area contributed by atoms with E-state index in [0.29, 0.717) is 18.7 Å². The Morgan fingerprint density at radius 2 is 1.68 bits per heavy atom. The van der Waals surface area contributed by atoms with Crippen molar-refractivity contribution in [3.8, 4) is 5.75 Å². The number of carboxylic acid groups (broad SMARTS) is 2. The molecule has 0 spiro atoms. The van der Waals surface area contributed by atoms with Crippen molar-refractivity contribution in [1.29, 1.82) is 0 Å². The zero-order chi connectivity index (χ0) is 25.7. The van der Waals surface area contributed by atoms with Crippen molar-refractivity contribution in [2.45, 2.75) is 49.4 Å². The zero-order valence-electron chi connectivity index (χ0n) is 17.4. The van der Waals surface area contributed by atoms with Crippen LogP contribution in [-0.4, -0.2) is 82.0 Å². The van der Waals surface area contributed by atoms with E-state index in [-0.39, 0.29) is 31.2 Å². The van der Waals surface area contributed by atoms with Crippen LogP contribution in [0.3, 0.4) is 0 Å². The summed E-state index contributed by atoms with van der Waals surface area (Å²) in [5.41, 5.74) is -2.15. The highest BCUT2D eigenvalue weighted by Gasteiger charge is 2.64. The van der Waals surface area contributed by atoms with E-state index in [1.54, 1.807) is 0 Å². The predicted molar refractivity (Wildman–Crippen MR) is 101 cm³/mol. The van der Waals surface area contributed by atoms with Gasteiger partial charge in [0.1, 0.15) is 18.5 Å². The van der Waals surface area contributed by atoms with E-state index in [2.05, 4.69) is 10.2 Å². The SMILES string of the molecule is O=C(O)C(F)(F)F.O=C(O)c1ccc(OCC(O)CN2CCCC2CC2(C(F)(F)F)N=N2)cc1. The number of aromatic carboxylic acids is 1. The van der Waals surface area contributed by atoms with E-state index in [1.165, 1.54) is 24.3 Å². The van der Waals surface area contributed by atoms with Gasteiger partial charge in [0.25, 0.3) is 5.66 Å². The van der Waals surface area contributed by atoms with Crippen LogP contribution in [0.4, 0.5) is 26.3 Å². The molecule has 15 heteroatoms. The second-order valence-electron chi connectivity index (χ2n) is 7.61. The molecule has 190 valence electrons. The van der Waals surface area contributed by atoms with Crippen LogP contribution in [0.1, 0.15) is 29.6 Å². The number of β-amino-alcohol motifs (C(OH)–C–C–N with tert-alkyl or cyclic N) is 1. The van der Waals surface area contributed by atoms with Gasteiger partial charge in [0, 0.05) is 19.0 Å². The molecule has 9 nitrogen and oxygen atoms in total. The van der Waals surface area contributed by atoms with E-state index < -0.39 is 36.1 Å². The monoisotopic (exact) mass is 501 g/mol. The number of aliphatic hydroxyl groups excluding tert-OH is 1. The Morgan fingerprint density at radius 1 is 1.12 bits per heavy atom. The number of carbonyl (C=O) groups is 2. The van der Waals surface area contributed by atoms with Gasteiger partial charge in [-0.2, -0.15) is 26.3 Å². The molecule has 1 fully saturated rings. The standard InChI is InChI=1S/C17H20F3N3O4.C2HF3O2/c18-17(19,20)16(21-22-16)8-12-2-1-7-23(12)9-13(24)10-27-14-5-3-11(4-6-14)15(25)26;3-2(4,5)1(6)7/h3-6,12-13,24H,1-2,7-10H2,(H,25,26);(H,6,7). The molecule has 2 atom stereocenters. The van der Waals surface area contributed by atoms with Gasteiger partial charge >= 0.3 is 24.3 Å². The normalized spacial score (nSPS) is 20.3. The van der Waals surface area contributed by atoms with Gasteiger partial charge in [-0.1, -0.05) is 0 Å². The molecule has 2 aliphatic heterocycles. The number of carboxylic acids is 2. The molecular weight excluding hydrogens is 480 g/mol. The topological polar surface area (TPSA) is 132 Å². The van der Waals surface area contributed by atoms with Crippen LogP contribution in [0.25, 0.3) is 0 Å². The second-order valence-corrected chi connectivity index (χ2v) is 7.61. The summed E-state index contributed by atoms with van der Waals surface area (Å²) < 4.78 is 76.2. The van der Waals surface area contributed by atoms with Crippen LogP contribution in [-0.2, 0) is 4.79 Å². The van der Waals surface area contributed by atoms with Gasteiger partial charge in [0.2, 0.25) is 0 Å². The molecule has 0 radical (unpaired) electrons. The Kier molecular flexibility index (Phi) is 8.47. The lowest BCUT2D eigenvalue weighted by atomic mass is 10.0. The minimum atomic E-state index is -5.08. The van der Waals surface area contributed by atoms with Crippen LogP contribution < -0.4 is 4.74 Å². The molecule has 0 saturated carbocycles. The number of alkyl halides is 6. The number of hydrogen-bond acceptors (Lipinski definition) is 7. The number of rotatable bonds is 8. The van der Waals surface area contributed by atoms with Crippen molar-refractivity contribution in [3.05, 3.63) is 29.8 Å². The third kappa shape index (κ3) is 7.55. The molecule has 3 rings (SSSR count). The minimum absolute atomic E-state index is 0.0468. The Hall–Kier alpha value is -2.94. The molecule has 0 aromatic heterocycles. The maximum atomic E-state index is 13.0. The number of benzene rings is 1. The third-order valence-electron chi connectivity index (χ3n) is 5.05. The molecule has 3 N–H and O–H groups in total. The van der Waals surface area contributed by atoms with Gasteiger partial charge in [0.15, 0.2) is 0 Å². The van der Waals surface area contributed by atoms with Crippen LogP contribution in [0.2, 0.25) is 0 Å². The average molecular weight is 501 g/mol. The fourth-order valence-corrected chi connectivity index (χ4v) is 3.28. The maximum absolute atomic E-state index is 13.0. The maximum Gasteiger partial charge on any atom is 0.490 e. The molecule has 2 heterocycles. The van der Waals surface area contributed by atoms with Crippen molar-refractivity contribution in [3.63, 3.8) is 0 Å². The fourth-order valence-electron chi connectivity index (χ4n) is 3.28. The summed E-state index contributed by atoms with van der Waals surface area (Å²) in [6, 6.07) is 5.40. The molecule has 34 heavy (non-hydrogen) atoms. The summed E-state index contributed by atoms with van der Waals surface area (Å²) in [7, 11) is 0. The predicted octanol–water partition coefficient (Wildman–Crippen LogP) is 3.34. The molecule has 1 aromatic carbocycles. The van der Waals surface area contributed by atoms with Crippen LogP contribution >= 0.6 is 0 Å². The Bertz CT molecular complexity index is 884. The van der Waals surface area contributed by atoms with Gasteiger partial charge in [-0.3, -0.25) is 4.90 Å². The van der Waals surface area contributed by atoms with Crippen LogP contribution in [0, 0.1) is 0 Å². The molecular formula is C19H21F6N3O6. The van der Waals surface area contributed by atoms with E-state index >= 15 is 0 Å². The van der Waals surface area contributed by atoms with Gasteiger partial charge in [-0.25, -0.2) is 9.59 Å². The number of aliphatic carboxylic acids is 1. The molecule has 1 aromatic rings. The second kappa shape index (κ2) is 10.5. The van der Waals surface area contributed by atoms with Crippen molar-refractivity contribution in [2.75, 3.05) is 19.7 Å². The van der Waals surface area contributed by atoms with E-state index in [9.17, 15) is 36.2 Å². The lowest BCUT2D eigenvalue weighted by molar-refractivity contribution is -0.192. The molecule has 1 saturated heterocycles. The molecule has 2 aliphatic rings. The smallest absolute Gasteiger partial charge is 0.490 e. The van der Waals surface area contributed by atoms with Crippen molar-refractivity contribution >= 4 is 11.9 Å². The number of halogens is 6. The first kappa shape index (κ1) is 27.3. The molecule has 0 aliphatic carbocycles. The molecule has 0 amide bonds. The zero-order valence-corrected chi connectivity index (χ0v) is 17.4. The first-order valence-corrected chi connectivity index (χ1v) is 9.84. The summed E-state index contributed by atoms with van der Waals surface area (Å²) in [5, 5.41) is 32.6. The summed E-state index contributed by atoms with van der Waals surface area (Å²) in [6.07, 6.45) is -9.32. The number of nitrogens with zero attached hydrogens (tertiary/aromatic N) is 3. The fraction of sp³-hybridized carbons (Fsp3) is 0.579. The lowest BCUT2D eigenvalue weighted by Crippen LogP contribution is -2.44. The highest BCUT2D eigenvalue weighted by molar-refractivity contribution is 5.87. The lowest BCUT2D eigenvalue weighted by Gasteiger charge is -2.28. The van der Waals surface area contributed by atoms with E-state index in [0.717, 1.165) is 6.42 Å². The Morgan fingerprint density at radius 3 is 2.12 bits per heavy atom. The molecule has 2 unspecified atom stereocenters. The molecule has 0 bridgehead atoms. The first-order valence-electron chi connectivity index (χ1n) is 9.84. The summed E-state index contributed by atoms with van der Waals surface area (Å²) in [6.45, 7) is 0.740. The van der Waals surface area contributed by atoms with Crippen LogP contribution in [0.5, 0.6) is 5.75 Å². The number of aliphatic hydroxyl groups is 1. The summed E-state index contributed by atoms with van der Waals surface area (Å²) in [4.78, 5) is 21.5. The number of hydrogen-bond donors (Lipinski definition) is 3. The Balaban J connectivity index is 0.000000509. The average Bonchev–Trinajstić information content (AvgIpc) is 3.40. The van der Waals surface area contributed by atoms with E-state index in [1.807, 2.05) is 4.90 Å². The number of likely N-dealkylation sites (tertiary alicyclic amines) is 1.